The lowest BCUT2D eigenvalue weighted by Gasteiger charge is -2.17. The van der Waals surface area contributed by atoms with Crippen LogP contribution in [0.4, 0.5) is 14.9 Å². The molecule has 0 radical (unpaired) electrons. The van der Waals surface area contributed by atoms with E-state index in [0.29, 0.717) is 13.1 Å². The molecule has 142 valence electrons. The topological polar surface area (TPSA) is 44.4 Å². The van der Waals surface area contributed by atoms with Gasteiger partial charge < -0.3 is 15.5 Å². The molecule has 5 heteroatoms. The number of hydrogen-bond donors (Lipinski definition) is 2. The van der Waals surface area contributed by atoms with Crippen LogP contribution in [0.5, 0.6) is 0 Å². The minimum absolute atomic E-state index is 0.162. The highest BCUT2D eigenvalue weighted by Crippen LogP contribution is 2.25. The number of anilines is 1. The lowest BCUT2D eigenvalue weighted by molar-refractivity contribution is 0.212. The van der Waals surface area contributed by atoms with Gasteiger partial charge in [-0.2, -0.15) is 0 Å². The third-order valence-electron chi connectivity index (χ3n) is 4.75. The standard InChI is InChI=1S/C20H20FN3O.C2H6/c21-18-4-1-16-12-24(13-17(16)11-18)20(25)23-19-5-2-14(3-6-19)15-7-9-22-10-8-15;1-2/h1-7,11,22H,8-10,12-13H2,(H,23,25);1-2H3. The van der Waals surface area contributed by atoms with E-state index in [2.05, 4.69) is 16.7 Å². The fourth-order valence-corrected chi connectivity index (χ4v) is 3.36. The third kappa shape index (κ3) is 4.55. The molecule has 0 saturated carbocycles. The zero-order valence-electron chi connectivity index (χ0n) is 15.9. The Labute approximate surface area is 160 Å². The van der Waals surface area contributed by atoms with Crippen LogP contribution in [0.3, 0.4) is 0 Å². The van der Waals surface area contributed by atoms with Crippen molar-refractivity contribution in [2.75, 3.05) is 18.4 Å². The lowest BCUT2D eigenvalue weighted by Crippen LogP contribution is -2.30. The summed E-state index contributed by atoms with van der Waals surface area (Å²) in [6.07, 6.45) is 3.23. The average molecular weight is 367 g/mol. The smallest absolute Gasteiger partial charge is 0.316 e. The van der Waals surface area contributed by atoms with Crippen LogP contribution in [0, 0.1) is 5.82 Å². The summed E-state index contributed by atoms with van der Waals surface area (Å²) in [6, 6.07) is 12.5. The first-order valence-corrected chi connectivity index (χ1v) is 9.52. The summed E-state index contributed by atoms with van der Waals surface area (Å²) < 4.78 is 13.3. The number of halogens is 1. The lowest BCUT2D eigenvalue weighted by atomic mass is 10.0. The molecule has 2 N–H and O–H groups in total. The number of hydrogen-bond acceptors (Lipinski definition) is 2. The van der Waals surface area contributed by atoms with Crippen molar-refractivity contribution in [3.05, 3.63) is 71.0 Å². The van der Waals surface area contributed by atoms with E-state index in [0.717, 1.165) is 36.3 Å². The predicted octanol–water partition coefficient (Wildman–Crippen LogP) is 4.78. The molecule has 2 aromatic carbocycles. The molecule has 0 bridgehead atoms. The molecule has 2 aromatic rings. The van der Waals surface area contributed by atoms with Crippen molar-refractivity contribution < 1.29 is 9.18 Å². The van der Waals surface area contributed by atoms with Gasteiger partial charge in [0, 0.05) is 25.3 Å². The van der Waals surface area contributed by atoms with Crippen LogP contribution in [0.25, 0.3) is 5.57 Å². The maximum atomic E-state index is 13.3. The van der Waals surface area contributed by atoms with Crippen molar-refractivity contribution in [2.24, 2.45) is 0 Å². The molecule has 0 aromatic heterocycles. The van der Waals surface area contributed by atoms with Gasteiger partial charge in [0.2, 0.25) is 0 Å². The van der Waals surface area contributed by atoms with Crippen molar-refractivity contribution >= 4 is 17.3 Å². The van der Waals surface area contributed by atoms with E-state index in [9.17, 15) is 9.18 Å². The molecule has 0 saturated heterocycles. The summed E-state index contributed by atoms with van der Waals surface area (Å²) in [5.41, 5.74) is 5.19. The van der Waals surface area contributed by atoms with Crippen LogP contribution in [-0.4, -0.2) is 24.0 Å². The number of nitrogens with zero attached hydrogens (tertiary/aromatic N) is 1. The molecular formula is C22H26FN3O. The first-order chi connectivity index (χ1) is 13.2. The predicted molar refractivity (Wildman–Crippen MR) is 108 cm³/mol. The minimum Gasteiger partial charge on any atom is -0.316 e. The van der Waals surface area contributed by atoms with E-state index in [1.807, 2.05) is 38.1 Å². The van der Waals surface area contributed by atoms with E-state index in [-0.39, 0.29) is 11.8 Å². The molecular weight excluding hydrogens is 341 g/mol. The van der Waals surface area contributed by atoms with E-state index in [1.54, 1.807) is 11.0 Å². The summed E-state index contributed by atoms with van der Waals surface area (Å²) in [6.45, 7) is 6.86. The molecule has 2 aliphatic heterocycles. The molecule has 0 spiro atoms. The maximum Gasteiger partial charge on any atom is 0.322 e. The van der Waals surface area contributed by atoms with Crippen molar-refractivity contribution in [1.29, 1.82) is 0 Å². The summed E-state index contributed by atoms with van der Waals surface area (Å²) in [4.78, 5) is 14.1. The Hall–Kier alpha value is -2.66. The Kier molecular flexibility index (Phi) is 6.24. The second-order valence-corrected chi connectivity index (χ2v) is 6.46. The second kappa shape index (κ2) is 8.82. The Bertz CT molecular complexity index is 830. The molecule has 4 nitrogen and oxygen atoms in total. The number of carbonyl (C=O) groups excluding carboxylic acids is 1. The second-order valence-electron chi connectivity index (χ2n) is 6.46. The van der Waals surface area contributed by atoms with E-state index in [4.69, 9.17) is 0 Å². The Morgan fingerprint density at radius 3 is 2.52 bits per heavy atom. The SMILES string of the molecule is CC.O=C(Nc1ccc(C2=CCNCC2)cc1)N1Cc2ccc(F)cc2C1. The molecule has 0 atom stereocenters. The minimum atomic E-state index is -0.260. The molecule has 0 aliphatic carbocycles. The van der Waals surface area contributed by atoms with E-state index < -0.39 is 0 Å². The molecule has 4 rings (SSSR count). The van der Waals surface area contributed by atoms with Crippen LogP contribution in [0.15, 0.2) is 48.5 Å². The number of benzene rings is 2. The first kappa shape index (κ1) is 19.1. The Morgan fingerprint density at radius 2 is 1.81 bits per heavy atom. The number of urea groups is 1. The van der Waals surface area contributed by atoms with Gasteiger partial charge in [-0.3, -0.25) is 0 Å². The zero-order valence-corrected chi connectivity index (χ0v) is 15.9. The van der Waals surface area contributed by atoms with Crippen molar-refractivity contribution in [3.63, 3.8) is 0 Å². The van der Waals surface area contributed by atoms with Crippen LogP contribution in [0.1, 0.15) is 37.0 Å². The summed E-state index contributed by atoms with van der Waals surface area (Å²) in [5, 5.41) is 6.23. The van der Waals surface area contributed by atoms with Gasteiger partial charge >= 0.3 is 6.03 Å². The number of nitrogens with one attached hydrogen (secondary N) is 2. The summed E-state index contributed by atoms with van der Waals surface area (Å²) >= 11 is 0. The van der Waals surface area contributed by atoms with Gasteiger partial charge in [0.1, 0.15) is 5.82 Å². The fraction of sp³-hybridized carbons (Fsp3) is 0.318. The van der Waals surface area contributed by atoms with Gasteiger partial charge in [0.05, 0.1) is 0 Å². The molecule has 2 amide bonds. The van der Waals surface area contributed by atoms with E-state index >= 15 is 0 Å². The highest BCUT2D eigenvalue weighted by molar-refractivity contribution is 5.90. The van der Waals surface area contributed by atoms with Gasteiger partial charge in [-0.25, -0.2) is 9.18 Å². The van der Waals surface area contributed by atoms with Crippen molar-refractivity contribution in [3.8, 4) is 0 Å². The van der Waals surface area contributed by atoms with Crippen LogP contribution >= 0.6 is 0 Å². The fourth-order valence-electron chi connectivity index (χ4n) is 3.36. The number of amides is 2. The third-order valence-corrected chi connectivity index (χ3v) is 4.75. The highest BCUT2D eigenvalue weighted by Gasteiger charge is 2.23. The van der Waals surface area contributed by atoms with Crippen molar-refractivity contribution in [2.45, 2.75) is 33.4 Å². The Morgan fingerprint density at radius 1 is 1.07 bits per heavy atom. The summed E-state index contributed by atoms with van der Waals surface area (Å²) in [5.74, 6) is -0.260. The van der Waals surface area contributed by atoms with Crippen molar-refractivity contribution in [1.82, 2.24) is 10.2 Å². The first-order valence-electron chi connectivity index (χ1n) is 9.52. The molecule has 2 aliphatic rings. The molecule has 0 fully saturated rings. The van der Waals surface area contributed by atoms with Gasteiger partial charge in [-0.1, -0.05) is 38.1 Å². The monoisotopic (exact) mass is 367 g/mol. The maximum absolute atomic E-state index is 13.3. The molecule has 2 heterocycles. The van der Waals surface area contributed by atoms with Gasteiger partial charge in [-0.05, 0) is 59.5 Å². The van der Waals surface area contributed by atoms with Gasteiger partial charge in [0.15, 0.2) is 0 Å². The zero-order chi connectivity index (χ0) is 19.2. The quantitative estimate of drug-likeness (QED) is 0.803. The molecule has 27 heavy (non-hydrogen) atoms. The van der Waals surface area contributed by atoms with Gasteiger partial charge in [-0.15, -0.1) is 0 Å². The number of rotatable bonds is 2. The number of fused-ring (bicyclic) bond motifs is 1. The average Bonchev–Trinajstić information content (AvgIpc) is 3.14. The summed E-state index contributed by atoms with van der Waals surface area (Å²) in [7, 11) is 0. The van der Waals surface area contributed by atoms with Crippen LogP contribution in [-0.2, 0) is 13.1 Å². The Balaban J connectivity index is 0.00000102. The molecule has 0 unspecified atom stereocenters. The van der Waals surface area contributed by atoms with Crippen LogP contribution in [0.2, 0.25) is 0 Å². The van der Waals surface area contributed by atoms with E-state index in [1.165, 1.54) is 23.3 Å². The highest BCUT2D eigenvalue weighted by atomic mass is 19.1. The largest absolute Gasteiger partial charge is 0.322 e. The van der Waals surface area contributed by atoms with Gasteiger partial charge in [0.25, 0.3) is 0 Å². The number of carbonyl (C=O) groups is 1. The van der Waals surface area contributed by atoms with Crippen LogP contribution < -0.4 is 10.6 Å². The normalized spacial score (nSPS) is 15.4.